The molecular weight excluding hydrogens is 323 g/mol. The highest BCUT2D eigenvalue weighted by Gasteiger charge is 2.39. The standard InChI is InChI=1S/C18H21FN4O2/c1-11-9-15(23(3)21-11)20-18(25)14-7-8-16(24)22(2)17(14)12-5-4-6-13(19)10-12/h4-6,9-10,14,17H,7-8H2,1-3H3,(H,20,25). The number of aromatic nitrogens is 2. The average Bonchev–Trinajstić information content (AvgIpc) is 2.87. The summed E-state index contributed by atoms with van der Waals surface area (Å²) in [5.41, 5.74) is 1.42. The van der Waals surface area contributed by atoms with Crippen molar-refractivity contribution in [3.05, 3.63) is 47.4 Å². The first kappa shape index (κ1) is 17.1. The first-order chi connectivity index (χ1) is 11.9. The maximum Gasteiger partial charge on any atom is 0.231 e. The minimum atomic E-state index is -0.494. The van der Waals surface area contributed by atoms with Gasteiger partial charge < -0.3 is 10.2 Å². The Morgan fingerprint density at radius 1 is 1.32 bits per heavy atom. The molecule has 2 heterocycles. The van der Waals surface area contributed by atoms with Crippen molar-refractivity contribution in [3.63, 3.8) is 0 Å². The van der Waals surface area contributed by atoms with E-state index in [1.807, 2.05) is 6.92 Å². The predicted octanol–water partition coefficient (Wildman–Crippen LogP) is 2.42. The Morgan fingerprint density at radius 2 is 2.08 bits per heavy atom. The summed E-state index contributed by atoms with van der Waals surface area (Å²) < 4.78 is 15.3. The molecule has 1 saturated heterocycles. The summed E-state index contributed by atoms with van der Waals surface area (Å²) in [5.74, 6) is -0.489. The molecule has 0 bridgehead atoms. The van der Waals surface area contributed by atoms with Crippen LogP contribution in [0.2, 0.25) is 0 Å². The van der Waals surface area contributed by atoms with Crippen LogP contribution < -0.4 is 5.32 Å². The van der Waals surface area contributed by atoms with E-state index in [4.69, 9.17) is 0 Å². The van der Waals surface area contributed by atoms with Crippen molar-refractivity contribution in [1.82, 2.24) is 14.7 Å². The molecule has 1 aromatic carbocycles. The maximum absolute atomic E-state index is 13.7. The summed E-state index contributed by atoms with van der Waals surface area (Å²) in [5, 5.41) is 7.09. The number of carbonyl (C=O) groups excluding carboxylic acids is 2. The minimum Gasteiger partial charge on any atom is -0.338 e. The van der Waals surface area contributed by atoms with Crippen molar-refractivity contribution >= 4 is 17.6 Å². The van der Waals surface area contributed by atoms with Gasteiger partial charge in [0, 0.05) is 26.6 Å². The molecule has 1 aromatic heterocycles. The van der Waals surface area contributed by atoms with Crippen LogP contribution in [-0.4, -0.2) is 33.5 Å². The highest BCUT2D eigenvalue weighted by atomic mass is 19.1. The summed E-state index contributed by atoms with van der Waals surface area (Å²) in [6.07, 6.45) is 0.720. The third kappa shape index (κ3) is 3.40. The lowest BCUT2D eigenvalue weighted by atomic mass is 9.84. The van der Waals surface area contributed by atoms with Crippen LogP contribution >= 0.6 is 0 Å². The molecular formula is C18H21FN4O2. The maximum atomic E-state index is 13.7. The number of amides is 2. The van der Waals surface area contributed by atoms with Crippen LogP contribution in [0.1, 0.15) is 30.1 Å². The fourth-order valence-electron chi connectivity index (χ4n) is 3.41. The van der Waals surface area contributed by atoms with Crippen LogP contribution in [0.3, 0.4) is 0 Å². The van der Waals surface area contributed by atoms with E-state index < -0.39 is 12.0 Å². The van der Waals surface area contributed by atoms with Gasteiger partial charge in [0.25, 0.3) is 0 Å². The van der Waals surface area contributed by atoms with Gasteiger partial charge in [-0.05, 0) is 31.0 Å². The number of nitrogens with one attached hydrogen (secondary N) is 1. The Kier molecular flexibility index (Phi) is 4.57. The number of hydrogen-bond donors (Lipinski definition) is 1. The molecule has 3 rings (SSSR count). The van der Waals surface area contributed by atoms with E-state index in [0.29, 0.717) is 24.2 Å². The van der Waals surface area contributed by atoms with Crippen LogP contribution in [0.5, 0.6) is 0 Å². The van der Waals surface area contributed by atoms with Gasteiger partial charge in [-0.25, -0.2) is 4.39 Å². The third-order valence-electron chi connectivity index (χ3n) is 4.64. The summed E-state index contributed by atoms with van der Waals surface area (Å²) >= 11 is 0. The molecule has 132 valence electrons. The molecule has 1 fully saturated rings. The zero-order valence-corrected chi connectivity index (χ0v) is 14.5. The molecule has 1 aliphatic rings. The fraction of sp³-hybridized carbons (Fsp3) is 0.389. The van der Waals surface area contributed by atoms with Gasteiger partial charge in [-0.1, -0.05) is 12.1 Å². The van der Waals surface area contributed by atoms with Crippen molar-refractivity contribution in [3.8, 4) is 0 Å². The molecule has 7 heteroatoms. The molecule has 1 aliphatic heterocycles. The lowest BCUT2D eigenvalue weighted by Crippen LogP contribution is -2.44. The first-order valence-corrected chi connectivity index (χ1v) is 8.19. The molecule has 1 N–H and O–H groups in total. The van der Waals surface area contributed by atoms with Gasteiger partial charge in [-0.2, -0.15) is 5.10 Å². The van der Waals surface area contributed by atoms with E-state index >= 15 is 0 Å². The van der Waals surface area contributed by atoms with Crippen molar-refractivity contribution in [1.29, 1.82) is 0 Å². The highest BCUT2D eigenvalue weighted by molar-refractivity contribution is 5.94. The van der Waals surface area contributed by atoms with E-state index in [9.17, 15) is 14.0 Å². The Balaban J connectivity index is 1.90. The number of carbonyl (C=O) groups is 2. The second-order valence-electron chi connectivity index (χ2n) is 6.43. The Labute approximate surface area is 145 Å². The second-order valence-corrected chi connectivity index (χ2v) is 6.43. The monoisotopic (exact) mass is 344 g/mol. The van der Waals surface area contributed by atoms with Crippen LogP contribution in [-0.2, 0) is 16.6 Å². The lowest BCUT2D eigenvalue weighted by Gasteiger charge is -2.38. The van der Waals surface area contributed by atoms with Gasteiger partial charge in [0.05, 0.1) is 17.7 Å². The highest BCUT2D eigenvalue weighted by Crippen LogP contribution is 2.36. The van der Waals surface area contributed by atoms with Gasteiger partial charge in [0.15, 0.2) is 0 Å². The van der Waals surface area contributed by atoms with E-state index in [-0.39, 0.29) is 17.6 Å². The summed E-state index contributed by atoms with van der Waals surface area (Å²) in [7, 11) is 3.41. The van der Waals surface area contributed by atoms with Crippen LogP contribution in [0.15, 0.2) is 30.3 Å². The lowest BCUT2D eigenvalue weighted by molar-refractivity contribution is -0.140. The number of anilines is 1. The van der Waals surface area contributed by atoms with Crippen LogP contribution in [0, 0.1) is 18.7 Å². The number of rotatable bonds is 3. The number of aryl methyl sites for hydroxylation is 2. The predicted molar refractivity (Wildman–Crippen MR) is 91.2 cm³/mol. The van der Waals surface area contributed by atoms with Gasteiger partial charge >= 0.3 is 0 Å². The van der Waals surface area contributed by atoms with Crippen molar-refractivity contribution in [2.45, 2.75) is 25.8 Å². The second kappa shape index (κ2) is 6.66. The number of hydrogen-bond acceptors (Lipinski definition) is 3. The molecule has 0 aliphatic carbocycles. The smallest absolute Gasteiger partial charge is 0.231 e. The zero-order chi connectivity index (χ0) is 18.1. The first-order valence-electron chi connectivity index (χ1n) is 8.19. The van der Waals surface area contributed by atoms with Crippen molar-refractivity contribution < 1.29 is 14.0 Å². The molecule has 25 heavy (non-hydrogen) atoms. The van der Waals surface area contributed by atoms with E-state index in [0.717, 1.165) is 5.69 Å². The Hall–Kier alpha value is -2.70. The number of piperidine rings is 1. The average molecular weight is 344 g/mol. The van der Waals surface area contributed by atoms with Gasteiger partial charge in [-0.15, -0.1) is 0 Å². The molecule has 0 radical (unpaired) electrons. The van der Waals surface area contributed by atoms with E-state index in [1.54, 1.807) is 37.0 Å². The van der Waals surface area contributed by atoms with Gasteiger partial charge in [0.1, 0.15) is 11.6 Å². The van der Waals surface area contributed by atoms with E-state index in [1.165, 1.54) is 17.0 Å². The molecule has 0 spiro atoms. The topological polar surface area (TPSA) is 67.2 Å². The number of likely N-dealkylation sites (tertiary alicyclic amines) is 1. The van der Waals surface area contributed by atoms with Crippen LogP contribution in [0.25, 0.3) is 0 Å². The van der Waals surface area contributed by atoms with Gasteiger partial charge in [-0.3, -0.25) is 14.3 Å². The minimum absolute atomic E-state index is 0.0466. The fourth-order valence-corrected chi connectivity index (χ4v) is 3.41. The summed E-state index contributed by atoms with van der Waals surface area (Å²) in [6, 6.07) is 7.36. The van der Waals surface area contributed by atoms with Gasteiger partial charge in [0.2, 0.25) is 11.8 Å². The summed E-state index contributed by atoms with van der Waals surface area (Å²) in [4.78, 5) is 26.5. The molecule has 2 amide bonds. The largest absolute Gasteiger partial charge is 0.338 e. The molecule has 2 atom stereocenters. The Bertz CT molecular complexity index is 817. The van der Waals surface area contributed by atoms with Crippen molar-refractivity contribution in [2.75, 3.05) is 12.4 Å². The number of nitrogens with zero attached hydrogens (tertiary/aromatic N) is 3. The number of benzene rings is 1. The van der Waals surface area contributed by atoms with Crippen LogP contribution in [0.4, 0.5) is 10.2 Å². The quantitative estimate of drug-likeness (QED) is 0.930. The zero-order valence-electron chi connectivity index (χ0n) is 14.5. The van der Waals surface area contributed by atoms with Crippen molar-refractivity contribution in [2.24, 2.45) is 13.0 Å². The Morgan fingerprint density at radius 3 is 2.72 bits per heavy atom. The SMILES string of the molecule is Cc1cc(NC(=O)C2CCC(=O)N(C)C2c2cccc(F)c2)n(C)n1. The summed E-state index contributed by atoms with van der Waals surface area (Å²) in [6.45, 7) is 1.85. The molecule has 6 nitrogen and oxygen atoms in total. The normalized spacial score (nSPS) is 20.6. The third-order valence-corrected chi connectivity index (χ3v) is 4.64. The number of halogens is 1. The molecule has 0 saturated carbocycles. The van der Waals surface area contributed by atoms with E-state index in [2.05, 4.69) is 10.4 Å². The molecule has 2 unspecified atom stereocenters. The molecule has 2 aromatic rings.